The highest BCUT2D eigenvalue weighted by molar-refractivity contribution is 6.07. The van der Waals surface area contributed by atoms with Crippen molar-refractivity contribution in [3.63, 3.8) is 0 Å². The van der Waals surface area contributed by atoms with Crippen molar-refractivity contribution in [1.82, 2.24) is 14.8 Å². The number of anilines is 1. The average Bonchev–Trinajstić information content (AvgIpc) is 3.56. The fraction of sp³-hybridized carbons (Fsp3) is 0.286. The number of hydrogen-bond acceptors (Lipinski definition) is 5. The lowest BCUT2D eigenvalue weighted by molar-refractivity contribution is -0.136. The molecule has 6 rings (SSSR count). The lowest BCUT2D eigenvalue weighted by atomic mass is 9.80. The van der Waals surface area contributed by atoms with Gasteiger partial charge in [0, 0.05) is 42.2 Å². The Hall–Kier alpha value is -5.03. The maximum atomic E-state index is 14.2. The second-order valence-corrected chi connectivity index (χ2v) is 11.9. The van der Waals surface area contributed by atoms with Crippen LogP contribution in [0.15, 0.2) is 84.9 Å². The topological polar surface area (TPSA) is 106 Å². The van der Waals surface area contributed by atoms with Gasteiger partial charge in [0.25, 0.3) is 5.91 Å². The van der Waals surface area contributed by atoms with E-state index in [9.17, 15) is 19.6 Å². The van der Waals surface area contributed by atoms with Gasteiger partial charge in [0.1, 0.15) is 12.1 Å². The predicted octanol–water partition coefficient (Wildman–Crippen LogP) is 5.40. The van der Waals surface area contributed by atoms with Crippen LogP contribution in [0.4, 0.5) is 5.69 Å². The van der Waals surface area contributed by atoms with E-state index in [1.54, 1.807) is 19.2 Å². The number of carbonyl (C=O) groups excluding carboxylic acids is 3. The molecule has 1 aromatic heterocycles. The maximum absolute atomic E-state index is 14.2. The summed E-state index contributed by atoms with van der Waals surface area (Å²) in [6.07, 6.45) is 0.633. The fourth-order valence-electron chi connectivity index (χ4n) is 6.42. The number of hydrogen-bond donors (Lipinski definition) is 1. The molecule has 3 amide bonds. The van der Waals surface area contributed by atoms with Crippen molar-refractivity contribution in [2.24, 2.45) is 5.92 Å². The van der Waals surface area contributed by atoms with E-state index < -0.39 is 17.5 Å². The lowest BCUT2D eigenvalue weighted by Gasteiger charge is -2.33. The number of pyridine rings is 1. The monoisotopic (exact) mass is 571 g/mol. The van der Waals surface area contributed by atoms with Crippen molar-refractivity contribution < 1.29 is 14.4 Å². The highest BCUT2D eigenvalue weighted by Crippen LogP contribution is 2.46. The van der Waals surface area contributed by atoms with Crippen LogP contribution in [0.25, 0.3) is 22.2 Å². The zero-order chi connectivity index (χ0) is 30.3. The SMILES string of the molecule is CC(C)C[C@@H](C(=O)N1C[C@]2(C[C@H]1C#N)C(=O)Nc1ccccc12)N(C)C(=O)c1ccc2nc(-c3ccccc3)ccc2c1. The molecule has 3 aromatic carbocycles. The van der Waals surface area contributed by atoms with Crippen LogP contribution in [-0.4, -0.2) is 58.2 Å². The van der Waals surface area contributed by atoms with E-state index in [1.165, 1.54) is 9.80 Å². The van der Waals surface area contributed by atoms with Crippen LogP contribution in [0.3, 0.4) is 0 Å². The van der Waals surface area contributed by atoms with Gasteiger partial charge in [0.2, 0.25) is 11.8 Å². The molecule has 3 heterocycles. The van der Waals surface area contributed by atoms with Crippen LogP contribution in [0, 0.1) is 17.2 Å². The molecule has 0 bridgehead atoms. The van der Waals surface area contributed by atoms with Crippen LogP contribution in [0.1, 0.15) is 42.6 Å². The summed E-state index contributed by atoms with van der Waals surface area (Å²) in [4.78, 5) is 49.1. The van der Waals surface area contributed by atoms with Gasteiger partial charge in [0.05, 0.1) is 22.7 Å². The van der Waals surface area contributed by atoms with E-state index in [4.69, 9.17) is 4.98 Å². The van der Waals surface area contributed by atoms with Crippen molar-refractivity contribution in [2.75, 3.05) is 18.9 Å². The number of likely N-dealkylation sites (tertiary alicyclic amines) is 1. The average molecular weight is 572 g/mol. The van der Waals surface area contributed by atoms with E-state index in [2.05, 4.69) is 11.4 Å². The van der Waals surface area contributed by atoms with E-state index in [-0.39, 0.29) is 36.6 Å². The number of nitriles is 1. The molecule has 0 aliphatic carbocycles. The number of nitrogens with zero attached hydrogens (tertiary/aromatic N) is 4. The molecule has 4 aromatic rings. The van der Waals surface area contributed by atoms with Crippen LogP contribution in [0.5, 0.6) is 0 Å². The Morgan fingerprint density at radius 3 is 2.56 bits per heavy atom. The molecule has 1 N–H and O–H groups in total. The van der Waals surface area contributed by atoms with Gasteiger partial charge >= 0.3 is 0 Å². The second kappa shape index (κ2) is 11.0. The van der Waals surface area contributed by atoms with Crippen molar-refractivity contribution in [3.05, 3.63) is 96.1 Å². The van der Waals surface area contributed by atoms with Gasteiger partial charge in [-0.3, -0.25) is 14.4 Å². The van der Waals surface area contributed by atoms with Gasteiger partial charge in [-0.25, -0.2) is 4.98 Å². The largest absolute Gasteiger partial charge is 0.330 e. The first-order chi connectivity index (χ1) is 20.7. The summed E-state index contributed by atoms with van der Waals surface area (Å²) in [5.41, 5.74) is 3.61. The van der Waals surface area contributed by atoms with Gasteiger partial charge in [-0.1, -0.05) is 68.4 Å². The molecule has 0 radical (unpaired) electrons. The minimum absolute atomic E-state index is 0.0922. The van der Waals surface area contributed by atoms with E-state index >= 15 is 0 Å². The lowest BCUT2D eigenvalue weighted by Crippen LogP contribution is -2.52. The molecular weight excluding hydrogens is 538 g/mol. The molecule has 0 saturated carbocycles. The van der Waals surface area contributed by atoms with E-state index in [0.717, 1.165) is 27.7 Å². The molecule has 1 spiro atoms. The number of aromatic nitrogens is 1. The summed E-state index contributed by atoms with van der Waals surface area (Å²) in [5, 5.41) is 13.8. The third-order valence-corrected chi connectivity index (χ3v) is 8.69. The molecule has 8 heteroatoms. The molecule has 3 atom stereocenters. The Morgan fingerprint density at radius 1 is 1.07 bits per heavy atom. The molecule has 1 fully saturated rings. The first-order valence-electron chi connectivity index (χ1n) is 14.6. The number of nitrogens with one attached hydrogen (secondary N) is 1. The highest BCUT2D eigenvalue weighted by atomic mass is 16.2. The van der Waals surface area contributed by atoms with Gasteiger partial charge in [-0.2, -0.15) is 5.26 Å². The van der Waals surface area contributed by atoms with Crippen LogP contribution >= 0.6 is 0 Å². The molecule has 43 heavy (non-hydrogen) atoms. The van der Waals surface area contributed by atoms with Gasteiger partial charge < -0.3 is 15.1 Å². The van der Waals surface area contributed by atoms with Crippen molar-refractivity contribution in [1.29, 1.82) is 5.26 Å². The fourth-order valence-corrected chi connectivity index (χ4v) is 6.42. The second-order valence-electron chi connectivity index (χ2n) is 11.9. The molecule has 1 saturated heterocycles. The number of likely N-dealkylation sites (N-methyl/N-ethyl adjacent to an activating group) is 1. The van der Waals surface area contributed by atoms with Crippen molar-refractivity contribution in [3.8, 4) is 17.3 Å². The van der Waals surface area contributed by atoms with Crippen LogP contribution < -0.4 is 5.32 Å². The standard InChI is InChI=1S/C35H33N5O3/c1-22(2)17-31(33(42)40-21-35(19-26(40)20-36)27-11-7-8-12-30(27)38-34(35)43)39(3)32(41)25-14-16-29-24(18-25)13-15-28(37-29)23-9-5-4-6-10-23/h4-16,18,22,26,31H,17,19,21H2,1-3H3,(H,38,43)/t26-,31-,35-/m0/s1. The Balaban J connectivity index is 1.28. The summed E-state index contributed by atoms with van der Waals surface area (Å²) < 4.78 is 0. The van der Waals surface area contributed by atoms with Crippen molar-refractivity contribution in [2.45, 2.75) is 44.2 Å². The number of amides is 3. The predicted molar refractivity (Wildman–Crippen MR) is 165 cm³/mol. The Labute approximate surface area is 250 Å². The molecule has 216 valence electrons. The van der Waals surface area contributed by atoms with E-state index in [0.29, 0.717) is 17.7 Å². The first kappa shape index (κ1) is 28.1. The summed E-state index contributed by atoms with van der Waals surface area (Å²) in [7, 11) is 1.64. The molecule has 2 aliphatic rings. The zero-order valence-electron chi connectivity index (χ0n) is 24.4. The van der Waals surface area contributed by atoms with Crippen LogP contribution in [0.2, 0.25) is 0 Å². The summed E-state index contributed by atoms with van der Waals surface area (Å²) >= 11 is 0. The molecule has 2 aliphatic heterocycles. The smallest absolute Gasteiger partial charge is 0.254 e. The number of rotatable bonds is 6. The number of benzene rings is 3. The van der Waals surface area contributed by atoms with Gasteiger partial charge in [0.15, 0.2) is 0 Å². The zero-order valence-corrected chi connectivity index (χ0v) is 24.4. The van der Waals surface area contributed by atoms with E-state index in [1.807, 2.05) is 86.6 Å². The molecular formula is C35H33N5O3. The third kappa shape index (κ3) is 4.91. The molecule has 8 nitrogen and oxygen atoms in total. The highest BCUT2D eigenvalue weighted by Gasteiger charge is 2.56. The first-order valence-corrected chi connectivity index (χ1v) is 14.6. The van der Waals surface area contributed by atoms with Crippen molar-refractivity contribution >= 4 is 34.3 Å². The maximum Gasteiger partial charge on any atom is 0.254 e. The number of carbonyl (C=O) groups is 3. The van der Waals surface area contributed by atoms with Gasteiger partial charge in [-0.05, 0) is 48.2 Å². The third-order valence-electron chi connectivity index (χ3n) is 8.69. The Kier molecular flexibility index (Phi) is 7.18. The Bertz CT molecular complexity index is 1780. The number of fused-ring (bicyclic) bond motifs is 3. The normalized spacial score (nSPS) is 19.7. The quantitative estimate of drug-likeness (QED) is 0.333. The minimum atomic E-state index is -0.985. The summed E-state index contributed by atoms with van der Waals surface area (Å²) in [5.74, 6) is -0.706. The van der Waals surface area contributed by atoms with Crippen LogP contribution in [-0.2, 0) is 15.0 Å². The Morgan fingerprint density at radius 2 is 1.81 bits per heavy atom. The summed E-state index contributed by atoms with van der Waals surface area (Å²) in [6, 6.07) is 27.3. The minimum Gasteiger partial charge on any atom is -0.330 e. The summed E-state index contributed by atoms with van der Waals surface area (Å²) in [6.45, 7) is 4.09. The number of para-hydroxylation sites is 1. The van der Waals surface area contributed by atoms with Gasteiger partial charge in [-0.15, -0.1) is 0 Å². The molecule has 0 unspecified atom stereocenters.